The zero-order valence-electron chi connectivity index (χ0n) is 5.90. The van der Waals surface area contributed by atoms with Crippen molar-refractivity contribution in [2.75, 3.05) is 0 Å². The van der Waals surface area contributed by atoms with Gasteiger partial charge in [0.15, 0.2) is 0 Å². The maximum atomic E-state index is 10.8. The van der Waals surface area contributed by atoms with E-state index >= 15 is 0 Å². The number of nitrogens with one attached hydrogen (secondary N) is 1. The largest absolute Gasteiger partial charge is 0.481 e. The summed E-state index contributed by atoms with van der Waals surface area (Å²) in [4.78, 5) is 31.4. The Morgan fingerprint density at radius 1 is 1.58 bits per heavy atom. The Bertz CT molecular complexity index is 281. The highest BCUT2D eigenvalue weighted by Gasteiger charge is 2.20. The summed E-state index contributed by atoms with van der Waals surface area (Å²) in [6, 6.07) is -0.769. The lowest BCUT2D eigenvalue weighted by atomic mass is 10.2. The second kappa shape index (κ2) is 3.04. The molecule has 0 aliphatic carbocycles. The van der Waals surface area contributed by atoms with Crippen LogP contribution in [0.4, 0.5) is 4.79 Å². The molecule has 0 spiro atoms. The Hall–Kier alpha value is -1.85. The lowest BCUT2D eigenvalue weighted by Crippen LogP contribution is -2.39. The van der Waals surface area contributed by atoms with Gasteiger partial charge in [-0.2, -0.15) is 0 Å². The molecule has 6 heteroatoms. The second-order valence-electron chi connectivity index (χ2n) is 2.11. The molecular formula is C6H5N2O4. The molecule has 2 N–H and O–H groups in total. The van der Waals surface area contributed by atoms with Gasteiger partial charge in [0.05, 0.1) is 6.42 Å². The number of imide groups is 1. The topological polar surface area (TPSA) is 97.6 Å². The van der Waals surface area contributed by atoms with E-state index in [0.717, 1.165) is 6.20 Å². The minimum atomic E-state index is -1.14. The van der Waals surface area contributed by atoms with Gasteiger partial charge >= 0.3 is 12.0 Å². The normalized spacial score (nSPS) is 16.2. The van der Waals surface area contributed by atoms with Gasteiger partial charge in [0.25, 0.3) is 5.91 Å². The van der Waals surface area contributed by atoms with Crippen molar-refractivity contribution in [3.05, 3.63) is 11.8 Å². The highest BCUT2D eigenvalue weighted by Crippen LogP contribution is 2.03. The number of nitrogens with zero attached hydrogens (tertiary/aromatic N) is 1. The van der Waals surface area contributed by atoms with Crippen molar-refractivity contribution in [1.82, 2.24) is 10.6 Å². The zero-order chi connectivity index (χ0) is 9.14. The monoisotopic (exact) mass is 169 g/mol. The number of carboxylic acid groups (broad SMARTS) is 1. The van der Waals surface area contributed by atoms with E-state index in [1.165, 1.54) is 0 Å². The molecule has 0 saturated carbocycles. The van der Waals surface area contributed by atoms with E-state index in [-0.39, 0.29) is 5.57 Å². The van der Waals surface area contributed by atoms with Crippen LogP contribution < -0.4 is 10.6 Å². The van der Waals surface area contributed by atoms with E-state index < -0.39 is 24.3 Å². The molecule has 63 valence electrons. The molecule has 6 nitrogen and oxygen atoms in total. The zero-order valence-corrected chi connectivity index (χ0v) is 5.90. The molecule has 12 heavy (non-hydrogen) atoms. The summed E-state index contributed by atoms with van der Waals surface area (Å²) in [5.74, 6) is -1.83. The summed E-state index contributed by atoms with van der Waals surface area (Å²) >= 11 is 0. The summed E-state index contributed by atoms with van der Waals surface area (Å²) in [6.07, 6.45) is 0.540. The average Bonchev–Trinajstić information content (AvgIpc) is 1.94. The van der Waals surface area contributed by atoms with E-state index in [4.69, 9.17) is 5.11 Å². The summed E-state index contributed by atoms with van der Waals surface area (Å²) in [5.41, 5.74) is -0.0258. The molecule has 1 heterocycles. The van der Waals surface area contributed by atoms with Crippen molar-refractivity contribution in [1.29, 1.82) is 0 Å². The molecule has 0 unspecified atom stereocenters. The fourth-order valence-corrected chi connectivity index (χ4v) is 0.694. The number of carboxylic acids is 1. The van der Waals surface area contributed by atoms with Crippen molar-refractivity contribution >= 4 is 17.9 Å². The van der Waals surface area contributed by atoms with Crippen LogP contribution in [0.5, 0.6) is 0 Å². The molecule has 0 aromatic rings. The standard InChI is InChI=1S/C6H5N2O4/c9-4(10)1-3-2-7-6(12)8-5(3)11/h2H,1H2,(H,9,10)(H,8,11,12). The Labute approximate surface area is 67.2 Å². The first-order chi connectivity index (χ1) is 5.59. The molecule has 0 bridgehead atoms. The molecular weight excluding hydrogens is 164 g/mol. The average molecular weight is 169 g/mol. The maximum Gasteiger partial charge on any atom is 0.347 e. The van der Waals surface area contributed by atoms with Gasteiger partial charge in [-0.25, -0.2) is 10.1 Å². The first kappa shape index (κ1) is 8.25. The molecule has 0 fully saturated rings. The van der Waals surface area contributed by atoms with Crippen molar-refractivity contribution in [3.63, 3.8) is 0 Å². The van der Waals surface area contributed by atoms with Gasteiger partial charge in [-0.05, 0) is 0 Å². The van der Waals surface area contributed by atoms with Gasteiger partial charge in [0, 0.05) is 11.8 Å². The lowest BCUT2D eigenvalue weighted by molar-refractivity contribution is -0.137. The van der Waals surface area contributed by atoms with Gasteiger partial charge in [-0.15, -0.1) is 0 Å². The van der Waals surface area contributed by atoms with E-state index in [2.05, 4.69) is 5.32 Å². The maximum absolute atomic E-state index is 10.8. The summed E-state index contributed by atoms with van der Waals surface area (Å²) < 4.78 is 0. The minimum Gasteiger partial charge on any atom is -0.481 e. The molecule has 1 aliphatic heterocycles. The third kappa shape index (κ3) is 1.82. The van der Waals surface area contributed by atoms with Crippen molar-refractivity contribution in [2.45, 2.75) is 6.42 Å². The Kier molecular flexibility index (Phi) is 2.09. The van der Waals surface area contributed by atoms with Crippen LogP contribution in [0.25, 0.3) is 0 Å². The fraction of sp³-hybridized carbons (Fsp3) is 0.167. The van der Waals surface area contributed by atoms with Crippen LogP contribution in [0.3, 0.4) is 0 Å². The molecule has 0 aromatic heterocycles. The Morgan fingerprint density at radius 3 is 2.75 bits per heavy atom. The van der Waals surface area contributed by atoms with Crippen LogP contribution in [-0.4, -0.2) is 23.0 Å². The molecule has 3 amide bonds. The predicted octanol–water partition coefficient (Wildman–Crippen LogP) is -0.801. The van der Waals surface area contributed by atoms with Crippen LogP contribution in [0.1, 0.15) is 6.42 Å². The number of carbonyl (C=O) groups excluding carboxylic acids is 2. The number of hydrogen-bond donors (Lipinski definition) is 2. The fourth-order valence-electron chi connectivity index (χ4n) is 0.694. The van der Waals surface area contributed by atoms with Gasteiger partial charge in [-0.1, -0.05) is 0 Å². The molecule has 1 rings (SSSR count). The number of hydrogen-bond acceptors (Lipinski definition) is 3. The smallest absolute Gasteiger partial charge is 0.347 e. The van der Waals surface area contributed by atoms with Gasteiger partial charge in [-0.3, -0.25) is 14.9 Å². The quantitative estimate of drug-likeness (QED) is 0.565. The number of rotatable bonds is 2. The van der Waals surface area contributed by atoms with E-state index in [0.29, 0.717) is 0 Å². The van der Waals surface area contributed by atoms with E-state index in [1.807, 2.05) is 5.32 Å². The molecule has 0 saturated heterocycles. The SMILES string of the molecule is O=C(O)CC1=C[N]C(=O)NC1=O. The van der Waals surface area contributed by atoms with Crippen LogP contribution in [0, 0.1) is 0 Å². The van der Waals surface area contributed by atoms with Crippen molar-refractivity contribution in [2.24, 2.45) is 0 Å². The van der Waals surface area contributed by atoms with Crippen LogP contribution >= 0.6 is 0 Å². The summed E-state index contributed by atoms with van der Waals surface area (Å²) in [7, 11) is 0. The molecule has 0 atom stereocenters. The summed E-state index contributed by atoms with van der Waals surface area (Å²) in [6.45, 7) is 0. The van der Waals surface area contributed by atoms with Crippen molar-refractivity contribution in [3.8, 4) is 0 Å². The highest BCUT2D eigenvalue weighted by atomic mass is 16.4. The molecule has 1 radical (unpaired) electrons. The second-order valence-corrected chi connectivity index (χ2v) is 2.11. The van der Waals surface area contributed by atoms with Gasteiger partial charge in [0.2, 0.25) is 0 Å². The third-order valence-electron chi connectivity index (χ3n) is 1.19. The number of urea groups is 1. The number of amides is 3. The van der Waals surface area contributed by atoms with Gasteiger partial charge in [0.1, 0.15) is 0 Å². The Morgan fingerprint density at radius 2 is 2.25 bits per heavy atom. The Balaban J connectivity index is 2.71. The van der Waals surface area contributed by atoms with E-state index in [9.17, 15) is 14.4 Å². The number of carbonyl (C=O) groups is 3. The third-order valence-corrected chi connectivity index (χ3v) is 1.19. The minimum absolute atomic E-state index is 0.0258. The molecule has 1 aliphatic rings. The van der Waals surface area contributed by atoms with Crippen molar-refractivity contribution < 1.29 is 19.5 Å². The van der Waals surface area contributed by atoms with Gasteiger partial charge < -0.3 is 5.11 Å². The summed E-state index contributed by atoms with van der Waals surface area (Å²) in [5, 5.41) is 13.4. The van der Waals surface area contributed by atoms with Crippen LogP contribution in [-0.2, 0) is 9.59 Å². The predicted molar refractivity (Wildman–Crippen MR) is 36.0 cm³/mol. The van der Waals surface area contributed by atoms with Crippen LogP contribution in [0.15, 0.2) is 11.8 Å². The first-order valence-corrected chi connectivity index (χ1v) is 3.06. The highest BCUT2D eigenvalue weighted by molar-refractivity contribution is 6.08. The number of aliphatic carboxylic acids is 1. The van der Waals surface area contributed by atoms with E-state index in [1.54, 1.807) is 0 Å². The van der Waals surface area contributed by atoms with Crippen LogP contribution in [0.2, 0.25) is 0 Å². The first-order valence-electron chi connectivity index (χ1n) is 3.06. The lowest BCUT2D eigenvalue weighted by Gasteiger charge is -2.09. The molecule has 0 aromatic carbocycles.